The number of hydrazone groups is 1. The van der Waals surface area contributed by atoms with Gasteiger partial charge in [-0.1, -0.05) is 36.4 Å². The zero-order valence-corrected chi connectivity index (χ0v) is 12.0. The molecule has 2 aromatic rings. The molecule has 0 bridgehead atoms. The fourth-order valence-corrected chi connectivity index (χ4v) is 2.48. The fourth-order valence-electron chi connectivity index (χ4n) is 2.48. The van der Waals surface area contributed by atoms with E-state index in [0.717, 1.165) is 18.7 Å². The first-order valence-electron chi connectivity index (χ1n) is 7.07. The van der Waals surface area contributed by atoms with Gasteiger partial charge >= 0.3 is 0 Å². The van der Waals surface area contributed by atoms with Gasteiger partial charge in [-0.15, -0.1) is 0 Å². The highest BCUT2D eigenvalue weighted by Crippen LogP contribution is 2.21. The minimum Gasteiger partial charge on any atom is -0.286 e. The van der Waals surface area contributed by atoms with Crippen LogP contribution in [0.4, 0.5) is 4.39 Å². The van der Waals surface area contributed by atoms with Gasteiger partial charge in [0.05, 0.1) is 12.8 Å². The van der Waals surface area contributed by atoms with Crippen molar-refractivity contribution < 1.29 is 9.18 Å². The molecule has 1 aliphatic rings. The molecule has 0 aliphatic carbocycles. The van der Waals surface area contributed by atoms with Crippen molar-refractivity contribution in [2.24, 2.45) is 5.10 Å². The first-order chi connectivity index (χ1) is 10.7. The molecule has 4 nitrogen and oxygen atoms in total. The third kappa shape index (κ3) is 3.56. The maximum absolute atomic E-state index is 12.8. The molecular weight excluding hydrogens is 281 g/mol. The van der Waals surface area contributed by atoms with Gasteiger partial charge in [0.15, 0.2) is 0 Å². The summed E-state index contributed by atoms with van der Waals surface area (Å²) < 4.78 is 12.8. The second kappa shape index (κ2) is 6.49. The summed E-state index contributed by atoms with van der Waals surface area (Å²) in [5.41, 5.74) is 5.76. The summed E-state index contributed by atoms with van der Waals surface area (Å²) >= 11 is 0. The first-order valence-corrected chi connectivity index (χ1v) is 7.07. The maximum Gasteiger partial charge on any atom is 0.254 e. The smallest absolute Gasteiger partial charge is 0.254 e. The van der Waals surface area contributed by atoms with Crippen molar-refractivity contribution in [2.45, 2.75) is 13.1 Å². The highest BCUT2D eigenvalue weighted by molar-refractivity contribution is 5.83. The average Bonchev–Trinajstić information content (AvgIpc) is 2.91. The number of hydrogen-bond acceptors (Lipinski definition) is 3. The third-order valence-electron chi connectivity index (χ3n) is 3.55. The summed E-state index contributed by atoms with van der Waals surface area (Å²) in [7, 11) is 0. The molecule has 1 heterocycles. The Morgan fingerprint density at radius 3 is 2.41 bits per heavy atom. The molecule has 0 fully saturated rings. The predicted octanol–water partition coefficient (Wildman–Crippen LogP) is 2.29. The summed E-state index contributed by atoms with van der Waals surface area (Å²) in [6, 6.07) is 14.1. The molecule has 0 unspecified atom stereocenters. The lowest BCUT2D eigenvalue weighted by atomic mass is 10.1. The number of hydrogen-bond donors (Lipinski definition) is 1. The monoisotopic (exact) mass is 297 g/mol. The van der Waals surface area contributed by atoms with Gasteiger partial charge in [-0.25, -0.2) is 9.82 Å². The number of carbonyl (C=O) groups excluding carboxylic acids is 1. The zero-order chi connectivity index (χ0) is 15.4. The van der Waals surface area contributed by atoms with Crippen molar-refractivity contribution in [1.82, 2.24) is 10.3 Å². The van der Waals surface area contributed by atoms with Crippen LogP contribution in [0.1, 0.15) is 16.7 Å². The number of nitrogens with zero attached hydrogens (tertiary/aromatic N) is 2. The lowest BCUT2D eigenvalue weighted by molar-refractivity contribution is -0.122. The molecule has 2 aromatic carbocycles. The van der Waals surface area contributed by atoms with E-state index in [9.17, 15) is 9.18 Å². The SMILES string of the molecule is O=C(CN1Cc2ccccc2C1)N/N=C\c1ccc(F)cc1. The highest BCUT2D eigenvalue weighted by atomic mass is 19.1. The number of nitrogens with one attached hydrogen (secondary N) is 1. The fraction of sp³-hybridized carbons (Fsp3) is 0.176. The Labute approximate surface area is 128 Å². The molecule has 0 radical (unpaired) electrons. The Morgan fingerprint density at radius 2 is 1.77 bits per heavy atom. The number of rotatable bonds is 4. The van der Waals surface area contributed by atoms with Crippen LogP contribution in [0, 0.1) is 5.82 Å². The van der Waals surface area contributed by atoms with E-state index in [4.69, 9.17) is 0 Å². The number of amides is 1. The van der Waals surface area contributed by atoms with Crippen LogP contribution in [0.5, 0.6) is 0 Å². The number of carbonyl (C=O) groups is 1. The predicted molar refractivity (Wildman–Crippen MR) is 82.7 cm³/mol. The quantitative estimate of drug-likeness (QED) is 0.695. The second-order valence-electron chi connectivity index (χ2n) is 5.26. The molecule has 0 atom stereocenters. The van der Waals surface area contributed by atoms with Crippen molar-refractivity contribution in [2.75, 3.05) is 6.54 Å². The van der Waals surface area contributed by atoms with Gasteiger partial charge in [0.2, 0.25) is 0 Å². The van der Waals surface area contributed by atoms with Crippen LogP contribution in [0.2, 0.25) is 0 Å². The standard InChI is InChI=1S/C17H16FN3O/c18-16-7-5-13(6-8-16)9-19-20-17(22)12-21-10-14-3-1-2-4-15(14)11-21/h1-9H,10-12H2,(H,20,22)/b19-9-. The Kier molecular flexibility index (Phi) is 4.25. The van der Waals surface area contributed by atoms with Gasteiger partial charge in [-0.2, -0.15) is 5.10 Å². The molecule has 0 spiro atoms. The van der Waals surface area contributed by atoms with Crippen LogP contribution in [0.3, 0.4) is 0 Å². The van der Waals surface area contributed by atoms with Gasteiger partial charge in [0.1, 0.15) is 5.82 Å². The van der Waals surface area contributed by atoms with Crippen LogP contribution in [-0.2, 0) is 17.9 Å². The normalized spacial score (nSPS) is 14.2. The topological polar surface area (TPSA) is 44.7 Å². The van der Waals surface area contributed by atoms with Crippen molar-refractivity contribution >= 4 is 12.1 Å². The van der Waals surface area contributed by atoms with E-state index in [-0.39, 0.29) is 11.7 Å². The summed E-state index contributed by atoms with van der Waals surface area (Å²) in [5, 5.41) is 3.89. The van der Waals surface area contributed by atoms with Crippen molar-refractivity contribution in [3.05, 3.63) is 71.0 Å². The van der Waals surface area contributed by atoms with E-state index in [2.05, 4.69) is 27.6 Å². The number of fused-ring (bicyclic) bond motifs is 1. The van der Waals surface area contributed by atoms with E-state index in [0.29, 0.717) is 6.54 Å². The van der Waals surface area contributed by atoms with Gasteiger partial charge < -0.3 is 0 Å². The van der Waals surface area contributed by atoms with E-state index in [1.165, 1.54) is 29.5 Å². The van der Waals surface area contributed by atoms with Crippen LogP contribution in [0.25, 0.3) is 0 Å². The average molecular weight is 297 g/mol. The third-order valence-corrected chi connectivity index (χ3v) is 3.55. The van der Waals surface area contributed by atoms with E-state index in [1.54, 1.807) is 12.1 Å². The molecule has 112 valence electrons. The number of benzene rings is 2. The Morgan fingerprint density at radius 1 is 1.14 bits per heavy atom. The summed E-state index contributed by atoms with van der Waals surface area (Å²) in [6.45, 7) is 1.87. The molecule has 0 saturated carbocycles. The molecule has 3 rings (SSSR count). The van der Waals surface area contributed by atoms with Crippen LogP contribution in [0.15, 0.2) is 53.6 Å². The van der Waals surface area contributed by atoms with E-state index < -0.39 is 0 Å². The Bertz CT molecular complexity index is 672. The molecule has 1 aliphatic heterocycles. The number of halogens is 1. The van der Waals surface area contributed by atoms with E-state index >= 15 is 0 Å². The lowest BCUT2D eigenvalue weighted by Crippen LogP contribution is -2.32. The van der Waals surface area contributed by atoms with Crippen molar-refractivity contribution in [1.29, 1.82) is 0 Å². The molecule has 1 N–H and O–H groups in total. The van der Waals surface area contributed by atoms with Crippen molar-refractivity contribution in [3.8, 4) is 0 Å². The summed E-state index contributed by atoms with van der Waals surface area (Å²) in [4.78, 5) is 13.9. The van der Waals surface area contributed by atoms with Gasteiger partial charge in [0.25, 0.3) is 5.91 Å². The summed E-state index contributed by atoms with van der Waals surface area (Å²) in [6.07, 6.45) is 1.50. The van der Waals surface area contributed by atoms with E-state index in [1.807, 2.05) is 12.1 Å². The minimum absolute atomic E-state index is 0.161. The van der Waals surface area contributed by atoms with Gasteiger partial charge in [0, 0.05) is 13.1 Å². The lowest BCUT2D eigenvalue weighted by Gasteiger charge is -2.12. The molecule has 0 aromatic heterocycles. The maximum atomic E-state index is 12.8. The van der Waals surface area contributed by atoms with Gasteiger partial charge in [-0.05, 0) is 28.8 Å². The van der Waals surface area contributed by atoms with Crippen LogP contribution in [-0.4, -0.2) is 23.6 Å². The Balaban J connectivity index is 1.48. The van der Waals surface area contributed by atoms with Crippen molar-refractivity contribution in [3.63, 3.8) is 0 Å². The molecule has 0 saturated heterocycles. The minimum atomic E-state index is -0.296. The zero-order valence-electron chi connectivity index (χ0n) is 12.0. The highest BCUT2D eigenvalue weighted by Gasteiger charge is 2.19. The largest absolute Gasteiger partial charge is 0.286 e. The van der Waals surface area contributed by atoms with Crippen LogP contribution < -0.4 is 5.43 Å². The van der Waals surface area contributed by atoms with Gasteiger partial charge in [-0.3, -0.25) is 9.69 Å². The first kappa shape index (κ1) is 14.4. The van der Waals surface area contributed by atoms with Crippen LogP contribution >= 0.6 is 0 Å². The second-order valence-corrected chi connectivity index (χ2v) is 5.26. The Hall–Kier alpha value is -2.53. The molecule has 5 heteroatoms. The molecule has 22 heavy (non-hydrogen) atoms. The summed E-state index contributed by atoms with van der Waals surface area (Å²) in [5.74, 6) is -0.457. The molecular formula is C17H16FN3O. The molecule has 1 amide bonds.